The minimum Gasteiger partial charge on any atom is -0.389 e. The van der Waals surface area contributed by atoms with E-state index in [1.807, 2.05) is 0 Å². The van der Waals surface area contributed by atoms with E-state index in [0.717, 1.165) is 25.3 Å². The van der Waals surface area contributed by atoms with Crippen molar-refractivity contribution in [1.82, 2.24) is 20.1 Å². The molecule has 0 bridgehead atoms. The molecule has 2 aromatic heterocycles. The number of alkyl halides is 3. The van der Waals surface area contributed by atoms with E-state index < -0.39 is 17.5 Å². The number of fused-ring (bicyclic) bond motifs is 1. The van der Waals surface area contributed by atoms with Gasteiger partial charge in [0.2, 0.25) is 0 Å². The molecule has 11 heteroatoms. The summed E-state index contributed by atoms with van der Waals surface area (Å²) in [5.41, 5.74) is -0.343. The van der Waals surface area contributed by atoms with Crippen LogP contribution in [0.1, 0.15) is 61.3 Å². The molecule has 0 aliphatic heterocycles. The Morgan fingerprint density at radius 1 is 1.22 bits per heavy atom. The van der Waals surface area contributed by atoms with E-state index in [1.54, 1.807) is 31.5 Å². The average molecular weight is 524 g/mol. The smallest absolute Gasteiger partial charge is 0.389 e. The number of nitrogens with zero attached hydrogens (tertiary/aromatic N) is 3. The second-order valence-electron chi connectivity index (χ2n) is 10.0. The number of carbonyl (C=O) groups excluding carboxylic acids is 1. The van der Waals surface area contributed by atoms with Crippen LogP contribution < -0.4 is 10.6 Å². The largest absolute Gasteiger partial charge is 0.433 e. The normalized spacial score (nSPS) is 18.9. The first-order chi connectivity index (χ1) is 16.8. The molecule has 36 heavy (non-hydrogen) atoms. The highest BCUT2D eigenvalue weighted by molar-refractivity contribution is 6.31. The lowest BCUT2D eigenvalue weighted by Gasteiger charge is -2.31. The van der Waals surface area contributed by atoms with E-state index in [0.29, 0.717) is 33.8 Å². The number of aromatic nitrogens is 3. The highest BCUT2D eigenvalue weighted by atomic mass is 35.5. The summed E-state index contributed by atoms with van der Waals surface area (Å²) in [5.74, 6) is -0.263. The van der Waals surface area contributed by atoms with Crippen molar-refractivity contribution >= 4 is 34.1 Å². The molecule has 0 spiro atoms. The maximum Gasteiger partial charge on any atom is 0.433 e. The van der Waals surface area contributed by atoms with Gasteiger partial charge in [-0.1, -0.05) is 11.6 Å². The standard InChI is InChI=1S/C25H29ClF3N5O2/c1-14-19(12-30-34(14)13-24(2,3)36)23(35)32-17-6-4-5-16(10-17)31-21-11-22(25(27,28)29)33-20-8-7-15(26)9-18(20)21/h7-9,11-12,16-17,36H,4-6,10,13H2,1-3H3,(H,31,33)(H,32,35)/t16-,17+/m0/s1. The van der Waals surface area contributed by atoms with Gasteiger partial charge in [-0.05, 0) is 70.7 Å². The third-order valence-corrected chi connectivity index (χ3v) is 6.55. The van der Waals surface area contributed by atoms with E-state index in [2.05, 4.69) is 20.7 Å². The van der Waals surface area contributed by atoms with Crippen LogP contribution in [0.4, 0.5) is 18.9 Å². The van der Waals surface area contributed by atoms with Gasteiger partial charge in [-0.2, -0.15) is 18.3 Å². The SMILES string of the molecule is Cc1c(C(=O)N[C@@H]2CCC[C@H](Nc3cc(C(F)(F)F)nc4ccc(Cl)cc34)C2)cnn1CC(C)(C)O. The molecule has 1 amide bonds. The third kappa shape index (κ3) is 6.10. The fourth-order valence-electron chi connectivity index (χ4n) is 4.59. The molecule has 3 N–H and O–H groups in total. The van der Waals surface area contributed by atoms with E-state index in [1.165, 1.54) is 18.3 Å². The van der Waals surface area contributed by atoms with Crippen LogP contribution in [0.15, 0.2) is 30.5 Å². The predicted molar refractivity (Wildman–Crippen MR) is 132 cm³/mol. The van der Waals surface area contributed by atoms with Gasteiger partial charge in [0.25, 0.3) is 5.91 Å². The van der Waals surface area contributed by atoms with Crippen LogP contribution in [-0.4, -0.2) is 43.5 Å². The van der Waals surface area contributed by atoms with Crippen LogP contribution in [0.5, 0.6) is 0 Å². The van der Waals surface area contributed by atoms with Gasteiger partial charge in [0, 0.05) is 33.9 Å². The number of amides is 1. The highest BCUT2D eigenvalue weighted by Gasteiger charge is 2.34. The lowest BCUT2D eigenvalue weighted by atomic mass is 9.90. The number of carbonyl (C=O) groups is 1. The molecule has 4 rings (SSSR count). The molecule has 1 fully saturated rings. The summed E-state index contributed by atoms with van der Waals surface area (Å²) in [7, 11) is 0. The topological polar surface area (TPSA) is 92.1 Å². The molecular formula is C25H29ClF3N5O2. The molecule has 7 nitrogen and oxygen atoms in total. The van der Waals surface area contributed by atoms with Gasteiger partial charge in [0.1, 0.15) is 5.69 Å². The van der Waals surface area contributed by atoms with Crippen molar-refractivity contribution in [1.29, 1.82) is 0 Å². The number of hydrogen-bond donors (Lipinski definition) is 3. The lowest BCUT2D eigenvalue weighted by Crippen LogP contribution is -2.42. The summed E-state index contributed by atoms with van der Waals surface area (Å²) in [6, 6.07) is 5.30. The molecular weight excluding hydrogens is 495 g/mol. The number of anilines is 1. The van der Waals surface area contributed by atoms with Gasteiger partial charge in [-0.3, -0.25) is 9.48 Å². The molecule has 1 saturated carbocycles. The van der Waals surface area contributed by atoms with Crippen molar-refractivity contribution < 1.29 is 23.1 Å². The summed E-state index contributed by atoms with van der Waals surface area (Å²) in [6.07, 6.45) is -0.233. The summed E-state index contributed by atoms with van der Waals surface area (Å²) < 4.78 is 42.0. The average Bonchev–Trinajstić information content (AvgIpc) is 3.12. The van der Waals surface area contributed by atoms with Crippen LogP contribution in [0.3, 0.4) is 0 Å². The Morgan fingerprint density at radius 2 is 1.94 bits per heavy atom. The molecule has 2 heterocycles. The van der Waals surface area contributed by atoms with Crippen LogP contribution in [0.25, 0.3) is 10.9 Å². The molecule has 0 unspecified atom stereocenters. The zero-order valence-electron chi connectivity index (χ0n) is 20.3. The van der Waals surface area contributed by atoms with E-state index in [4.69, 9.17) is 11.6 Å². The number of hydrogen-bond acceptors (Lipinski definition) is 5. The Labute approximate surface area is 212 Å². The monoisotopic (exact) mass is 523 g/mol. The number of rotatable bonds is 6. The summed E-state index contributed by atoms with van der Waals surface area (Å²) in [4.78, 5) is 16.7. The zero-order valence-corrected chi connectivity index (χ0v) is 21.0. The van der Waals surface area contributed by atoms with Crippen LogP contribution in [-0.2, 0) is 12.7 Å². The quantitative estimate of drug-likeness (QED) is 0.406. The number of pyridine rings is 1. The fourth-order valence-corrected chi connectivity index (χ4v) is 4.77. The minimum atomic E-state index is -4.58. The van der Waals surface area contributed by atoms with Crippen molar-refractivity contribution in [2.45, 2.75) is 76.9 Å². The Balaban J connectivity index is 1.49. The van der Waals surface area contributed by atoms with E-state index in [9.17, 15) is 23.1 Å². The fraction of sp³-hybridized carbons (Fsp3) is 0.480. The van der Waals surface area contributed by atoms with Crippen molar-refractivity contribution in [2.75, 3.05) is 5.32 Å². The molecule has 1 aliphatic rings. The maximum atomic E-state index is 13.5. The molecule has 1 aliphatic carbocycles. The van der Waals surface area contributed by atoms with E-state index in [-0.39, 0.29) is 30.1 Å². The van der Waals surface area contributed by atoms with Gasteiger partial charge in [0.05, 0.1) is 29.4 Å². The molecule has 2 atom stereocenters. The highest BCUT2D eigenvalue weighted by Crippen LogP contribution is 2.35. The van der Waals surface area contributed by atoms with Crippen molar-refractivity contribution in [3.63, 3.8) is 0 Å². The van der Waals surface area contributed by atoms with Crippen molar-refractivity contribution in [3.8, 4) is 0 Å². The maximum absolute atomic E-state index is 13.5. The Hall–Kier alpha value is -2.85. The van der Waals surface area contributed by atoms with Gasteiger partial charge in [-0.25, -0.2) is 4.98 Å². The Morgan fingerprint density at radius 3 is 2.64 bits per heavy atom. The van der Waals surface area contributed by atoms with Crippen LogP contribution >= 0.6 is 11.6 Å². The van der Waals surface area contributed by atoms with Crippen molar-refractivity contribution in [3.05, 3.63) is 52.4 Å². The lowest BCUT2D eigenvalue weighted by molar-refractivity contribution is -0.140. The number of nitrogens with one attached hydrogen (secondary N) is 2. The second-order valence-corrected chi connectivity index (χ2v) is 10.4. The third-order valence-electron chi connectivity index (χ3n) is 6.31. The van der Waals surface area contributed by atoms with Gasteiger partial charge >= 0.3 is 6.18 Å². The first-order valence-corrected chi connectivity index (χ1v) is 12.2. The van der Waals surface area contributed by atoms with Gasteiger partial charge in [-0.15, -0.1) is 0 Å². The van der Waals surface area contributed by atoms with Crippen LogP contribution in [0, 0.1) is 6.92 Å². The molecule has 0 saturated heterocycles. The predicted octanol–water partition coefficient (Wildman–Crippen LogP) is 5.34. The Kier molecular flexibility index (Phi) is 7.21. The van der Waals surface area contributed by atoms with Gasteiger partial charge in [0.15, 0.2) is 0 Å². The molecule has 0 radical (unpaired) electrons. The minimum absolute atomic E-state index is 0.145. The van der Waals surface area contributed by atoms with E-state index >= 15 is 0 Å². The first-order valence-electron chi connectivity index (χ1n) is 11.8. The number of halogens is 4. The summed E-state index contributed by atoms with van der Waals surface area (Å²) >= 11 is 6.11. The molecule has 194 valence electrons. The van der Waals surface area contributed by atoms with Crippen LogP contribution in [0.2, 0.25) is 5.02 Å². The second kappa shape index (κ2) is 9.89. The molecule has 3 aromatic rings. The van der Waals surface area contributed by atoms with Crippen molar-refractivity contribution in [2.24, 2.45) is 0 Å². The number of aliphatic hydroxyl groups is 1. The summed E-state index contributed by atoms with van der Waals surface area (Å²) in [6.45, 7) is 5.36. The van der Waals surface area contributed by atoms with Gasteiger partial charge < -0.3 is 15.7 Å². The number of benzene rings is 1. The molecule has 1 aromatic carbocycles. The summed E-state index contributed by atoms with van der Waals surface area (Å²) in [5, 5.41) is 21.5. The zero-order chi connectivity index (χ0) is 26.3. The first kappa shape index (κ1) is 26.2. The Bertz CT molecular complexity index is 1270.